The first-order valence-corrected chi connectivity index (χ1v) is 5.53. The first-order chi connectivity index (χ1) is 8.52. The predicted molar refractivity (Wildman–Crippen MR) is 65.5 cm³/mol. The van der Waals surface area contributed by atoms with E-state index in [-0.39, 0.29) is 12.3 Å². The third-order valence-corrected chi connectivity index (χ3v) is 2.34. The standard InChI is InChI=1S/C12H16N2O4/c1-8(5-11(15)16)7-14-10-6-9(3-4-13-10)12(17)18-2/h3-4,6,8H,5,7H2,1-2H3,(H,13,14)(H,15,16). The van der Waals surface area contributed by atoms with Crippen LogP contribution in [0.25, 0.3) is 0 Å². The number of aromatic nitrogens is 1. The Morgan fingerprint density at radius 3 is 2.89 bits per heavy atom. The molecule has 0 aromatic carbocycles. The molecule has 2 N–H and O–H groups in total. The SMILES string of the molecule is COC(=O)c1ccnc(NCC(C)CC(=O)O)c1. The minimum atomic E-state index is -0.833. The number of nitrogens with zero attached hydrogens (tertiary/aromatic N) is 1. The van der Waals surface area contributed by atoms with Crippen LogP contribution in [-0.4, -0.2) is 35.7 Å². The minimum Gasteiger partial charge on any atom is -0.481 e. The molecule has 6 nitrogen and oxygen atoms in total. The topological polar surface area (TPSA) is 88.5 Å². The van der Waals surface area contributed by atoms with Gasteiger partial charge < -0.3 is 15.2 Å². The van der Waals surface area contributed by atoms with E-state index in [9.17, 15) is 9.59 Å². The molecule has 0 fully saturated rings. The highest BCUT2D eigenvalue weighted by Gasteiger charge is 2.09. The van der Waals surface area contributed by atoms with Gasteiger partial charge in [0, 0.05) is 19.2 Å². The van der Waals surface area contributed by atoms with Gasteiger partial charge in [0.15, 0.2) is 0 Å². The zero-order valence-corrected chi connectivity index (χ0v) is 10.3. The number of rotatable bonds is 6. The maximum Gasteiger partial charge on any atom is 0.338 e. The fraction of sp³-hybridized carbons (Fsp3) is 0.417. The van der Waals surface area contributed by atoms with Gasteiger partial charge in [-0.25, -0.2) is 9.78 Å². The average Bonchev–Trinajstić information content (AvgIpc) is 2.35. The quantitative estimate of drug-likeness (QED) is 0.744. The third-order valence-electron chi connectivity index (χ3n) is 2.34. The first kappa shape index (κ1) is 14.0. The van der Waals surface area contributed by atoms with Crippen LogP contribution in [0.1, 0.15) is 23.7 Å². The Morgan fingerprint density at radius 2 is 2.28 bits per heavy atom. The Bertz CT molecular complexity index is 434. The Labute approximate surface area is 105 Å². The second-order valence-corrected chi connectivity index (χ2v) is 4.01. The van der Waals surface area contributed by atoms with Gasteiger partial charge in [-0.2, -0.15) is 0 Å². The number of methoxy groups -OCH3 is 1. The van der Waals surface area contributed by atoms with Crippen LogP contribution < -0.4 is 5.32 Å². The monoisotopic (exact) mass is 252 g/mol. The number of ether oxygens (including phenoxy) is 1. The third kappa shape index (κ3) is 4.40. The molecule has 0 saturated heterocycles. The van der Waals surface area contributed by atoms with E-state index < -0.39 is 11.9 Å². The summed E-state index contributed by atoms with van der Waals surface area (Å²) >= 11 is 0. The van der Waals surface area contributed by atoms with Crippen LogP contribution in [0.5, 0.6) is 0 Å². The van der Waals surface area contributed by atoms with Crippen LogP contribution in [0.15, 0.2) is 18.3 Å². The molecule has 0 saturated carbocycles. The molecular formula is C12H16N2O4. The molecule has 1 unspecified atom stereocenters. The highest BCUT2D eigenvalue weighted by molar-refractivity contribution is 5.89. The van der Waals surface area contributed by atoms with Gasteiger partial charge in [-0.15, -0.1) is 0 Å². The average molecular weight is 252 g/mol. The second-order valence-electron chi connectivity index (χ2n) is 4.01. The molecule has 6 heteroatoms. The van der Waals surface area contributed by atoms with Crippen LogP contribution >= 0.6 is 0 Å². The van der Waals surface area contributed by atoms with Crippen LogP contribution in [-0.2, 0) is 9.53 Å². The molecule has 0 amide bonds. The summed E-state index contributed by atoms with van der Waals surface area (Å²) in [5, 5.41) is 11.6. The number of carbonyl (C=O) groups is 2. The van der Waals surface area contributed by atoms with Crippen molar-refractivity contribution in [2.75, 3.05) is 19.0 Å². The molecule has 1 rings (SSSR count). The number of pyridine rings is 1. The molecule has 1 heterocycles. The zero-order chi connectivity index (χ0) is 13.5. The van der Waals surface area contributed by atoms with Crippen molar-refractivity contribution in [2.45, 2.75) is 13.3 Å². The molecule has 0 bridgehead atoms. The highest BCUT2D eigenvalue weighted by atomic mass is 16.5. The van der Waals surface area contributed by atoms with Gasteiger partial charge >= 0.3 is 11.9 Å². The van der Waals surface area contributed by atoms with Gasteiger partial charge in [0.25, 0.3) is 0 Å². The molecule has 1 aromatic rings. The van der Waals surface area contributed by atoms with E-state index >= 15 is 0 Å². The predicted octanol–water partition coefficient (Wildman–Crippen LogP) is 1.39. The Kier molecular flexibility index (Phi) is 5.10. The normalized spacial score (nSPS) is 11.7. The summed E-state index contributed by atoms with van der Waals surface area (Å²) in [4.78, 5) is 25.8. The van der Waals surface area contributed by atoms with E-state index in [1.54, 1.807) is 12.1 Å². The van der Waals surface area contributed by atoms with Gasteiger partial charge in [0.1, 0.15) is 5.82 Å². The molecule has 0 aliphatic carbocycles. The summed E-state index contributed by atoms with van der Waals surface area (Å²) < 4.78 is 4.60. The Hall–Kier alpha value is -2.11. The number of carboxylic acid groups (broad SMARTS) is 1. The van der Waals surface area contributed by atoms with Crippen LogP contribution in [0.3, 0.4) is 0 Å². The minimum absolute atomic E-state index is 0.0221. The molecule has 1 atom stereocenters. The fourth-order valence-corrected chi connectivity index (χ4v) is 1.42. The van der Waals surface area contributed by atoms with Crippen molar-refractivity contribution in [3.8, 4) is 0 Å². The smallest absolute Gasteiger partial charge is 0.338 e. The van der Waals surface area contributed by atoms with Crippen LogP contribution in [0, 0.1) is 5.92 Å². The number of hydrogen-bond acceptors (Lipinski definition) is 5. The lowest BCUT2D eigenvalue weighted by Crippen LogP contribution is -2.15. The number of esters is 1. The van der Waals surface area contributed by atoms with Crippen molar-refractivity contribution < 1.29 is 19.4 Å². The molecular weight excluding hydrogens is 236 g/mol. The van der Waals surface area contributed by atoms with Crippen molar-refractivity contribution in [2.24, 2.45) is 5.92 Å². The van der Waals surface area contributed by atoms with E-state index in [2.05, 4.69) is 15.0 Å². The fourth-order valence-electron chi connectivity index (χ4n) is 1.42. The van der Waals surface area contributed by atoms with E-state index in [1.807, 2.05) is 6.92 Å². The van der Waals surface area contributed by atoms with Crippen molar-refractivity contribution >= 4 is 17.8 Å². The molecule has 98 valence electrons. The van der Waals surface area contributed by atoms with Gasteiger partial charge in [-0.05, 0) is 18.1 Å². The van der Waals surface area contributed by atoms with Crippen molar-refractivity contribution in [1.82, 2.24) is 4.98 Å². The summed E-state index contributed by atoms with van der Waals surface area (Å²) in [6.45, 7) is 2.30. The highest BCUT2D eigenvalue weighted by Crippen LogP contribution is 2.10. The van der Waals surface area contributed by atoms with Crippen molar-refractivity contribution in [1.29, 1.82) is 0 Å². The van der Waals surface area contributed by atoms with Crippen LogP contribution in [0.4, 0.5) is 5.82 Å². The summed E-state index contributed by atoms with van der Waals surface area (Å²) in [5.74, 6) is -0.763. The van der Waals surface area contributed by atoms with E-state index in [4.69, 9.17) is 5.11 Å². The van der Waals surface area contributed by atoms with Gasteiger partial charge in [-0.3, -0.25) is 4.79 Å². The van der Waals surface area contributed by atoms with Gasteiger partial charge in [0.2, 0.25) is 0 Å². The number of nitrogens with one attached hydrogen (secondary N) is 1. The Balaban J connectivity index is 2.57. The van der Waals surface area contributed by atoms with Gasteiger partial charge in [-0.1, -0.05) is 6.92 Å². The molecule has 0 aliphatic rings. The molecule has 1 aromatic heterocycles. The molecule has 0 spiro atoms. The first-order valence-electron chi connectivity index (χ1n) is 5.53. The summed E-state index contributed by atoms with van der Waals surface area (Å²) in [5.41, 5.74) is 0.404. The maximum atomic E-state index is 11.3. The number of hydrogen-bond donors (Lipinski definition) is 2. The maximum absolute atomic E-state index is 11.3. The number of carbonyl (C=O) groups excluding carboxylic acids is 1. The second kappa shape index (κ2) is 6.58. The van der Waals surface area contributed by atoms with Crippen LogP contribution in [0.2, 0.25) is 0 Å². The lowest BCUT2D eigenvalue weighted by molar-refractivity contribution is -0.137. The van der Waals surface area contributed by atoms with E-state index in [1.165, 1.54) is 13.3 Å². The number of aliphatic carboxylic acids is 1. The Morgan fingerprint density at radius 1 is 1.56 bits per heavy atom. The zero-order valence-electron chi connectivity index (χ0n) is 10.3. The van der Waals surface area contributed by atoms with Gasteiger partial charge in [0.05, 0.1) is 12.7 Å². The summed E-state index contributed by atoms with van der Waals surface area (Å²) in [6.07, 6.45) is 1.58. The number of anilines is 1. The largest absolute Gasteiger partial charge is 0.481 e. The molecule has 18 heavy (non-hydrogen) atoms. The summed E-state index contributed by atoms with van der Waals surface area (Å²) in [7, 11) is 1.31. The van der Waals surface area contributed by atoms with E-state index in [0.29, 0.717) is 17.9 Å². The lowest BCUT2D eigenvalue weighted by Gasteiger charge is -2.11. The van der Waals surface area contributed by atoms with Crippen molar-refractivity contribution in [3.05, 3.63) is 23.9 Å². The molecule has 0 aliphatic heterocycles. The lowest BCUT2D eigenvalue weighted by atomic mass is 10.1. The number of carboxylic acids is 1. The summed E-state index contributed by atoms with van der Waals surface area (Å²) in [6, 6.07) is 3.12. The molecule has 0 radical (unpaired) electrons. The van der Waals surface area contributed by atoms with Crippen molar-refractivity contribution in [3.63, 3.8) is 0 Å². The van der Waals surface area contributed by atoms with E-state index in [0.717, 1.165) is 0 Å².